The highest BCUT2D eigenvalue weighted by atomic mass is 16.4. The molecule has 0 saturated heterocycles. The van der Waals surface area contributed by atoms with Gasteiger partial charge >= 0.3 is 0 Å². The van der Waals surface area contributed by atoms with Gasteiger partial charge in [-0.1, -0.05) is 10.3 Å². The Bertz CT molecular complexity index is 199. The van der Waals surface area contributed by atoms with Crippen molar-refractivity contribution in [2.45, 2.75) is 26.2 Å². The Morgan fingerprint density at radius 1 is 1.55 bits per heavy atom. The van der Waals surface area contributed by atoms with Gasteiger partial charge in [0.2, 0.25) is 0 Å². The van der Waals surface area contributed by atoms with E-state index in [9.17, 15) is 0 Å². The third kappa shape index (κ3) is 1.50. The largest absolute Gasteiger partial charge is 0.411 e. The number of hydrogen-bond acceptors (Lipinski definition) is 4. The van der Waals surface area contributed by atoms with E-state index in [4.69, 9.17) is 10.4 Å². The van der Waals surface area contributed by atoms with Gasteiger partial charge in [-0.05, 0) is 26.2 Å². The summed E-state index contributed by atoms with van der Waals surface area (Å²) in [5.74, 6) is 0.0602. The van der Waals surface area contributed by atoms with Crippen LogP contribution in [-0.4, -0.2) is 21.8 Å². The lowest BCUT2D eigenvalue weighted by Gasteiger charge is -2.05. The Labute approximate surface area is 65.2 Å². The first-order chi connectivity index (χ1) is 5.29. The van der Waals surface area contributed by atoms with Gasteiger partial charge < -0.3 is 10.4 Å². The highest BCUT2D eigenvalue weighted by Gasteiger charge is 2.25. The fourth-order valence-electron chi connectivity index (χ4n) is 1.47. The second-order valence-corrected chi connectivity index (χ2v) is 2.78. The zero-order valence-electron chi connectivity index (χ0n) is 6.49. The standard InChI is InChI=1S/C7H12N2O2/c1-5(8-10)6-3-2-4-7(6)9-11/h6,10-11H,2-4H2,1H3/b8-5-,9-7-/t6-/m1/s1. The molecule has 0 aromatic carbocycles. The van der Waals surface area contributed by atoms with Crippen LogP contribution in [0.15, 0.2) is 10.3 Å². The summed E-state index contributed by atoms with van der Waals surface area (Å²) in [5, 5.41) is 23.2. The molecule has 0 amide bonds. The van der Waals surface area contributed by atoms with Crippen LogP contribution in [0.5, 0.6) is 0 Å². The van der Waals surface area contributed by atoms with Crippen LogP contribution in [0.25, 0.3) is 0 Å². The van der Waals surface area contributed by atoms with Gasteiger partial charge in [0.15, 0.2) is 0 Å². The molecule has 0 spiro atoms. The topological polar surface area (TPSA) is 65.2 Å². The molecule has 0 unspecified atom stereocenters. The maximum absolute atomic E-state index is 8.53. The SMILES string of the molecule is C/C(=N/O)[C@H]1CCC/C1=N/O. The molecule has 0 heterocycles. The lowest BCUT2D eigenvalue weighted by molar-refractivity contribution is 0.312. The summed E-state index contributed by atoms with van der Waals surface area (Å²) in [4.78, 5) is 0. The van der Waals surface area contributed by atoms with Crippen LogP contribution in [0, 0.1) is 5.92 Å². The third-order valence-corrected chi connectivity index (χ3v) is 2.12. The van der Waals surface area contributed by atoms with Gasteiger partial charge in [0, 0.05) is 5.92 Å². The molecular weight excluding hydrogens is 144 g/mol. The van der Waals surface area contributed by atoms with Crippen molar-refractivity contribution in [1.29, 1.82) is 0 Å². The smallest absolute Gasteiger partial charge is 0.0658 e. The van der Waals surface area contributed by atoms with E-state index < -0.39 is 0 Å². The second-order valence-electron chi connectivity index (χ2n) is 2.78. The summed E-state index contributed by atoms with van der Waals surface area (Å²) in [5.41, 5.74) is 1.37. The Morgan fingerprint density at radius 3 is 2.82 bits per heavy atom. The summed E-state index contributed by atoms with van der Waals surface area (Å²) in [7, 11) is 0. The predicted octanol–water partition coefficient (Wildman–Crippen LogP) is 1.47. The van der Waals surface area contributed by atoms with Crippen LogP contribution in [0.4, 0.5) is 0 Å². The molecular formula is C7H12N2O2. The Hall–Kier alpha value is -1.06. The lowest BCUT2D eigenvalue weighted by atomic mass is 10.0. The summed E-state index contributed by atoms with van der Waals surface area (Å²) in [6, 6.07) is 0. The molecule has 1 saturated carbocycles. The average molecular weight is 156 g/mol. The average Bonchev–Trinajstić information content (AvgIpc) is 2.50. The fraction of sp³-hybridized carbons (Fsp3) is 0.714. The normalized spacial score (nSPS) is 29.7. The van der Waals surface area contributed by atoms with E-state index in [1.54, 1.807) is 6.92 Å². The van der Waals surface area contributed by atoms with E-state index in [-0.39, 0.29) is 5.92 Å². The molecule has 1 rings (SSSR count). The highest BCUT2D eigenvalue weighted by molar-refractivity contribution is 6.07. The Morgan fingerprint density at radius 2 is 2.27 bits per heavy atom. The van der Waals surface area contributed by atoms with Crippen LogP contribution in [0.3, 0.4) is 0 Å². The van der Waals surface area contributed by atoms with Crippen LogP contribution in [-0.2, 0) is 0 Å². The first kappa shape index (κ1) is 8.04. The first-order valence-electron chi connectivity index (χ1n) is 3.69. The lowest BCUT2D eigenvalue weighted by Crippen LogP contribution is -2.15. The van der Waals surface area contributed by atoms with Crippen molar-refractivity contribution < 1.29 is 10.4 Å². The van der Waals surface area contributed by atoms with E-state index in [0.29, 0.717) is 5.71 Å². The van der Waals surface area contributed by atoms with E-state index in [1.165, 1.54) is 0 Å². The molecule has 1 atom stereocenters. The summed E-state index contributed by atoms with van der Waals surface area (Å²) in [6.45, 7) is 1.74. The van der Waals surface area contributed by atoms with Crippen LogP contribution in [0.2, 0.25) is 0 Å². The van der Waals surface area contributed by atoms with Gasteiger partial charge in [-0.3, -0.25) is 0 Å². The van der Waals surface area contributed by atoms with E-state index in [1.807, 2.05) is 0 Å². The minimum atomic E-state index is 0.0602. The summed E-state index contributed by atoms with van der Waals surface area (Å²) in [6.07, 6.45) is 2.75. The summed E-state index contributed by atoms with van der Waals surface area (Å²) >= 11 is 0. The zero-order chi connectivity index (χ0) is 8.27. The monoisotopic (exact) mass is 156 g/mol. The molecule has 0 aromatic rings. The van der Waals surface area contributed by atoms with E-state index in [0.717, 1.165) is 25.0 Å². The number of oxime groups is 2. The number of nitrogens with zero attached hydrogens (tertiary/aromatic N) is 2. The van der Waals surface area contributed by atoms with Crippen molar-refractivity contribution in [3.8, 4) is 0 Å². The molecule has 1 aliphatic rings. The molecule has 0 aromatic heterocycles. The molecule has 4 nitrogen and oxygen atoms in total. The maximum Gasteiger partial charge on any atom is 0.0658 e. The molecule has 4 heteroatoms. The Kier molecular flexibility index (Phi) is 2.46. The highest BCUT2D eigenvalue weighted by Crippen LogP contribution is 2.23. The van der Waals surface area contributed by atoms with Gasteiger partial charge in [-0.25, -0.2) is 0 Å². The van der Waals surface area contributed by atoms with Crippen molar-refractivity contribution in [1.82, 2.24) is 0 Å². The van der Waals surface area contributed by atoms with Crippen molar-refractivity contribution >= 4 is 11.4 Å². The Balaban J connectivity index is 2.72. The van der Waals surface area contributed by atoms with Crippen molar-refractivity contribution in [3.05, 3.63) is 0 Å². The van der Waals surface area contributed by atoms with Gasteiger partial charge in [0.1, 0.15) is 0 Å². The quantitative estimate of drug-likeness (QED) is 0.343. The molecule has 2 N–H and O–H groups in total. The summed E-state index contributed by atoms with van der Waals surface area (Å²) < 4.78 is 0. The van der Waals surface area contributed by atoms with Crippen LogP contribution >= 0.6 is 0 Å². The molecule has 0 aliphatic heterocycles. The van der Waals surface area contributed by atoms with Crippen molar-refractivity contribution in [3.63, 3.8) is 0 Å². The minimum Gasteiger partial charge on any atom is -0.411 e. The second kappa shape index (κ2) is 3.37. The fourth-order valence-corrected chi connectivity index (χ4v) is 1.47. The van der Waals surface area contributed by atoms with Gasteiger partial charge in [0.05, 0.1) is 11.4 Å². The predicted molar refractivity (Wildman–Crippen MR) is 41.5 cm³/mol. The van der Waals surface area contributed by atoms with Crippen LogP contribution < -0.4 is 0 Å². The third-order valence-electron chi connectivity index (χ3n) is 2.12. The van der Waals surface area contributed by atoms with Crippen LogP contribution in [0.1, 0.15) is 26.2 Å². The molecule has 62 valence electrons. The number of hydrogen-bond donors (Lipinski definition) is 2. The van der Waals surface area contributed by atoms with Crippen molar-refractivity contribution in [2.75, 3.05) is 0 Å². The zero-order valence-corrected chi connectivity index (χ0v) is 6.49. The molecule has 1 fully saturated rings. The van der Waals surface area contributed by atoms with Gasteiger partial charge in [-0.2, -0.15) is 0 Å². The molecule has 1 aliphatic carbocycles. The van der Waals surface area contributed by atoms with Crippen molar-refractivity contribution in [2.24, 2.45) is 16.2 Å². The number of rotatable bonds is 1. The first-order valence-corrected chi connectivity index (χ1v) is 3.69. The molecule has 0 bridgehead atoms. The van der Waals surface area contributed by atoms with Gasteiger partial charge in [-0.15, -0.1) is 0 Å². The molecule has 0 radical (unpaired) electrons. The maximum atomic E-state index is 8.53. The van der Waals surface area contributed by atoms with Gasteiger partial charge in [0.25, 0.3) is 0 Å². The van der Waals surface area contributed by atoms with E-state index >= 15 is 0 Å². The van der Waals surface area contributed by atoms with E-state index in [2.05, 4.69) is 10.3 Å². The molecule has 11 heavy (non-hydrogen) atoms. The minimum absolute atomic E-state index is 0.0602.